The zero-order chi connectivity index (χ0) is 17.2. The molecule has 3 rings (SSSR count). The molecule has 0 amide bonds. The van der Waals surface area contributed by atoms with E-state index in [1.165, 1.54) is 10.5 Å². The van der Waals surface area contributed by atoms with E-state index in [0.29, 0.717) is 12.1 Å². The highest BCUT2D eigenvalue weighted by molar-refractivity contribution is 7.92. The van der Waals surface area contributed by atoms with Crippen LogP contribution in [-0.2, 0) is 14.8 Å². The number of H-pyrrole nitrogens is 1. The van der Waals surface area contributed by atoms with Crippen LogP contribution >= 0.6 is 0 Å². The lowest BCUT2D eigenvalue weighted by Gasteiger charge is -2.24. The third-order valence-electron chi connectivity index (χ3n) is 3.65. The molecule has 1 aliphatic rings. The first-order chi connectivity index (χ1) is 11.6. The Labute approximate surface area is 140 Å². The van der Waals surface area contributed by atoms with Crippen molar-refractivity contribution in [1.29, 1.82) is 0 Å². The van der Waals surface area contributed by atoms with Crippen LogP contribution in [0.3, 0.4) is 0 Å². The summed E-state index contributed by atoms with van der Waals surface area (Å²) in [6, 6.07) is 7.21. The Bertz CT molecular complexity index is 886. The zero-order valence-electron chi connectivity index (χ0n) is 13.1. The summed E-state index contributed by atoms with van der Waals surface area (Å²) in [5.74, 6) is -0.717. The third-order valence-corrected chi connectivity index (χ3v) is 5.44. The van der Waals surface area contributed by atoms with Gasteiger partial charge in [-0.05, 0) is 25.0 Å². The molecule has 1 aromatic heterocycles. The van der Waals surface area contributed by atoms with E-state index in [2.05, 4.69) is 10.2 Å². The van der Waals surface area contributed by atoms with Crippen LogP contribution in [0.1, 0.15) is 29.3 Å². The van der Waals surface area contributed by atoms with Gasteiger partial charge < -0.3 is 4.74 Å². The molecular weight excluding hydrogens is 330 g/mol. The third kappa shape index (κ3) is 2.80. The molecule has 0 spiro atoms. The lowest BCUT2D eigenvalue weighted by atomic mass is 10.2. The number of hydrogen-bond donors (Lipinski definition) is 1. The Balaban J connectivity index is 2.07. The maximum atomic E-state index is 13.1. The summed E-state index contributed by atoms with van der Waals surface area (Å²) in [6.45, 7) is 2.08. The summed E-state index contributed by atoms with van der Waals surface area (Å²) in [6.07, 6.45) is 5.56. The van der Waals surface area contributed by atoms with Crippen LogP contribution in [0.5, 0.6) is 0 Å². The summed E-state index contributed by atoms with van der Waals surface area (Å²) in [4.78, 5) is 12.0. The summed E-state index contributed by atoms with van der Waals surface area (Å²) in [5, 5.41) is 5.90. The van der Waals surface area contributed by atoms with Gasteiger partial charge in [-0.2, -0.15) is 13.5 Å². The van der Waals surface area contributed by atoms with Crippen molar-refractivity contribution in [2.24, 2.45) is 0 Å². The number of anilines is 1. The Morgan fingerprint density at radius 3 is 2.96 bits per heavy atom. The summed E-state index contributed by atoms with van der Waals surface area (Å²) < 4.78 is 32.4. The minimum absolute atomic E-state index is 0.0912. The Morgan fingerprint density at radius 2 is 2.17 bits per heavy atom. The van der Waals surface area contributed by atoms with Crippen molar-refractivity contribution in [1.82, 2.24) is 10.2 Å². The number of nitrogens with one attached hydrogen (secondary N) is 1. The lowest BCUT2D eigenvalue weighted by molar-refractivity contribution is 0.0522. The molecule has 1 aromatic carbocycles. The van der Waals surface area contributed by atoms with Crippen molar-refractivity contribution in [3.8, 4) is 0 Å². The number of sulfonamides is 1. The normalized spacial score (nSPS) is 14.1. The van der Waals surface area contributed by atoms with Crippen molar-refractivity contribution >= 4 is 27.8 Å². The van der Waals surface area contributed by atoms with Gasteiger partial charge in [0, 0.05) is 6.54 Å². The molecule has 0 unspecified atom stereocenters. The molecule has 7 nitrogen and oxygen atoms in total. The van der Waals surface area contributed by atoms with Crippen LogP contribution in [0.2, 0.25) is 0 Å². The average molecular weight is 347 g/mol. The molecule has 0 saturated heterocycles. The molecule has 0 aliphatic carbocycles. The van der Waals surface area contributed by atoms with Crippen molar-refractivity contribution in [2.45, 2.75) is 18.4 Å². The molecule has 8 heteroatoms. The number of ether oxygens (including phenoxy) is 1. The Morgan fingerprint density at radius 1 is 1.38 bits per heavy atom. The largest absolute Gasteiger partial charge is 0.462 e. The SMILES string of the molecule is CCOC(=O)c1cn[nH]c1S(=O)(=O)N1CCC=Cc2ccccc21. The van der Waals surface area contributed by atoms with Gasteiger partial charge in [-0.15, -0.1) is 0 Å². The number of rotatable bonds is 4. The molecule has 126 valence electrons. The van der Waals surface area contributed by atoms with Gasteiger partial charge in [-0.1, -0.05) is 30.4 Å². The van der Waals surface area contributed by atoms with Crippen LogP contribution in [0.4, 0.5) is 5.69 Å². The van der Waals surface area contributed by atoms with Crippen molar-refractivity contribution in [3.63, 3.8) is 0 Å². The van der Waals surface area contributed by atoms with Gasteiger partial charge in [0.1, 0.15) is 5.56 Å². The highest BCUT2D eigenvalue weighted by atomic mass is 32.2. The minimum atomic E-state index is -3.97. The van der Waals surface area contributed by atoms with E-state index in [1.54, 1.807) is 19.1 Å². The molecule has 0 fully saturated rings. The predicted octanol–water partition coefficient (Wildman–Crippen LogP) is 2.20. The van der Waals surface area contributed by atoms with E-state index in [-0.39, 0.29) is 23.7 Å². The monoisotopic (exact) mass is 347 g/mol. The molecule has 0 radical (unpaired) electrons. The quantitative estimate of drug-likeness (QED) is 0.856. The molecule has 0 atom stereocenters. The fraction of sp³-hybridized carbons (Fsp3) is 0.250. The molecule has 0 bridgehead atoms. The first kappa shape index (κ1) is 16.3. The van der Waals surface area contributed by atoms with Crippen LogP contribution in [0.15, 0.2) is 41.6 Å². The minimum Gasteiger partial charge on any atom is -0.462 e. The van der Waals surface area contributed by atoms with Gasteiger partial charge in [-0.25, -0.2) is 4.79 Å². The standard InChI is InChI=1S/C16H17N3O4S/c1-2-23-16(20)13-11-17-18-15(13)24(21,22)19-10-6-5-8-12-7-3-4-9-14(12)19/h3-5,7-9,11H,2,6,10H2,1H3,(H,17,18). The van der Waals surface area contributed by atoms with E-state index in [0.717, 1.165) is 5.56 Å². The number of carbonyl (C=O) groups is 1. The molecular formula is C16H17N3O4S. The first-order valence-electron chi connectivity index (χ1n) is 7.54. The van der Waals surface area contributed by atoms with Crippen LogP contribution in [0.25, 0.3) is 6.08 Å². The molecule has 2 aromatic rings. The topological polar surface area (TPSA) is 92.4 Å². The van der Waals surface area contributed by atoms with Gasteiger partial charge in [0.05, 0.1) is 18.5 Å². The fourth-order valence-electron chi connectivity index (χ4n) is 2.56. The second kappa shape index (κ2) is 6.48. The van der Waals surface area contributed by atoms with Gasteiger partial charge in [-0.3, -0.25) is 9.40 Å². The highest BCUT2D eigenvalue weighted by Crippen LogP contribution is 2.30. The number of aromatic amines is 1. The second-order valence-electron chi connectivity index (χ2n) is 5.16. The van der Waals surface area contributed by atoms with Crippen molar-refractivity contribution < 1.29 is 17.9 Å². The average Bonchev–Trinajstić information content (AvgIpc) is 2.96. The van der Waals surface area contributed by atoms with Crippen LogP contribution in [-0.4, -0.2) is 37.7 Å². The molecule has 24 heavy (non-hydrogen) atoms. The Hall–Kier alpha value is -2.61. The van der Waals surface area contributed by atoms with E-state index in [1.807, 2.05) is 24.3 Å². The Kier molecular flexibility index (Phi) is 4.39. The maximum absolute atomic E-state index is 13.1. The van der Waals surface area contributed by atoms with Gasteiger partial charge in [0.15, 0.2) is 5.03 Å². The van der Waals surface area contributed by atoms with Crippen molar-refractivity contribution in [3.05, 3.63) is 47.7 Å². The van der Waals surface area contributed by atoms with Gasteiger partial charge >= 0.3 is 5.97 Å². The van der Waals surface area contributed by atoms with E-state index >= 15 is 0 Å². The smallest absolute Gasteiger partial charge is 0.342 e. The van der Waals surface area contributed by atoms with E-state index < -0.39 is 16.0 Å². The summed E-state index contributed by atoms with van der Waals surface area (Å²) >= 11 is 0. The van der Waals surface area contributed by atoms with E-state index in [9.17, 15) is 13.2 Å². The van der Waals surface area contributed by atoms with Crippen LogP contribution in [0, 0.1) is 0 Å². The first-order valence-corrected chi connectivity index (χ1v) is 8.98. The van der Waals surface area contributed by atoms with Gasteiger partial charge in [0.2, 0.25) is 0 Å². The number of para-hydroxylation sites is 1. The van der Waals surface area contributed by atoms with Crippen LogP contribution < -0.4 is 4.31 Å². The number of esters is 1. The van der Waals surface area contributed by atoms with Crippen molar-refractivity contribution in [2.75, 3.05) is 17.5 Å². The number of carbonyl (C=O) groups excluding carboxylic acids is 1. The number of hydrogen-bond acceptors (Lipinski definition) is 5. The maximum Gasteiger partial charge on any atom is 0.342 e. The molecule has 1 N–H and O–H groups in total. The highest BCUT2D eigenvalue weighted by Gasteiger charge is 2.33. The molecule has 1 aliphatic heterocycles. The molecule has 2 heterocycles. The number of benzene rings is 1. The second-order valence-corrected chi connectivity index (χ2v) is 6.96. The predicted molar refractivity (Wildman–Crippen MR) is 89.2 cm³/mol. The van der Waals surface area contributed by atoms with E-state index in [4.69, 9.17) is 4.74 Å². The number of fused-ring (bicyclic) bond motifs is 1. The summed E-state index contributed by atoms with van der Waals surface area (Å²) in [7, 11) is -3.97. The summed E-state index contributed by atoms with van der Waals surface area (Å²) in [5.41, 5.74) is 1.28. The zero-order valence-corrected chi connectivity index (χ0v) is 13.9. The molecule has 0 saturated carbocycles. The number of aromatic nitrogens is 2. The number of nitrogens with zero attached hydrogens (tertiary/aromatic N) is 2. The lowest BCUT2D eigenvalue weighted by Crippen LogP contribution is -2.33. The van der Waals surface area contributed by atoms with Gasteiger partial charge in [0.25, 0.3) is 10.0 Å². The fourth-order valence-corrected chi connectivity index (χ4v) is 4.14.